The largest absolute Gasteiger partial charge is 0.456 e. The topological polar surface area (TPSA) is 102 Å². The van der Waals surface area contributed by atoms with Gasteiger partial charge in [-0.1, -0.05) is 35.3 Å². The minimum atomic E-state index is -3.36. The lowest BCUT2D eigenvalue weighted by atomic mass is 10.1. The number of sulfone groups is 1. The molecule has 0 unspecified atom stereocenters. The first kappa shape index (κ1) is 19.5. The van der Waals surface area contributed by atoms with Crippen LogP contribution in [-0.4, -0.2) is 24.3 Å². The van der Waals surface area contributed by atoms with Crippen molar-refractivity contribution in [2.45, 2.75) is 18.2 Å². The highest BCUT2D eigenvalue weighted by molar-refractivity contribution is 7.91. The number of aromatic nitrogens is 2. The highest BCUT2D eigenvalue weighted by Crippen LogP contribution is 2.33. The Morgan fingerprint density at radius 2 is 1.96 bits per heavy atom. The molecule has 0 bridgehead atoms. The van der Waals surface area contributed by atoms with Gasteiger partial charge in [-0.15, -0.1) is 0 Å². The summed E-state index contributed by atoms with van der Waals surface area (Å²) >= 11 is 12.3. The van der Waals surface area contributed by atoms with Crippen molar-refractivity contribution in [3.05, 3.63) is 68.4 Å². The Hall–Kier alpha value is -2.29. The number of rotatable bonds is 6. The summed E-state index contributed by atoms with van der Waals surface area (Å²) < 4.78 is 34.1. The van der Waals surface area contributed by atoms with Gasteiger partial charge in [0.25, 0.3) is 0 Å². The van der Waals surface area contributed by atoms with Crippen molar-refractivity contribution in [1.82, 2.24) is 10.1 Å². The molecule has 3 aromatic rings. The van der Waals surface area contributed by atoms with E-state index in [1.54, 1.807) is 25.1 Å². The molecule has 10 heteroatoms. The van der Waals surface area contributed by atoms with Crippen LogP contribution in [0.1, 0.15) is 18.3 Å². The van der Waals surface area contributed by atoms with Crippen molar-refractivity contribution in [3.63, 3.8) is 0 Å². The van der Waals surface area contributed by atoms with Gasteiger partial charge in [-0.2, -0.15) is 0 Å². The van der Waals surface area contributed by atoms with Crippen LogP contribution < -0.4 is 10.5 Å². The number of ether oxygens (including phenoxy) is 1. The Morgan fingerprint density at radius 1 is 1.19 bits per heavy atom. The molecule has 0 aliphatic carbocycles. The minimum Gasteiger partial charge on any atom is -0.456 e. The van der Waals surface area contributed by atoms with Crippen LogP contribution in [0.5, 0.6) is 11.5 Å². The molecule has 0 spiro atoms. The molecule has 7 nitrogen and oxygen atoms in total. The Labute approximate surface area is 164 Å². The molecule has 27 heavy (non-hydrogen) atoms. The highest BCUT2D eigenvalue weighted by Gasteiger charge is 2.15. The molecule has 2 aromatic carbocycles. The van der Waals surface area contributed by atoms with Crippen LogP contribution in [0, 0.1) is 0 Å². The smallest absolute Gasteiger partial charge is 0.438 e. The van der Waals surface area contributed by atoms with E-state index in [2.05, 4.69) is 14.7 Å². The maximum atomic E-state index is 11.9. The summed E-state index contributed by atoms with van der Waals surface area (Å²) in [6.07, 6.45) is 0.282. The Balaban J connectivity index is 1.86. The molecule has 0 aliphatic heterocycles. The molecule has 0 saturated carbocycles. The van der Waals surface area contributed by atoms with Crippen molar-refractivity contribution in [1.29, 1.82) is 0 Å². The second kappa shape index (κ2) is 7.75. The van der Waals surface area contributed by atoms with E-state index in [0.29, 0.717) is 16.6 Å². The van der Waals surface area contributed by atoms with Crippen LogP contribution in [0.3, 0.4) is 0 Å². The van der Waals surface area contributed by atoms with Crippen molar-refractivity contribution < 1.29 is 17.7 Å². The van der Waals surface area contributed by atoms with Gasteiger partial charge in [0.2, 0.25) is 0 Å². The number of benzene rings is 2. The fraction of sp³-hybridized carbons (Fsp3) is 0.176. The van der Waals surface area contributed by atoms with E-state index < -0.39 is 15.6 Å². The Bertz CT molecular complexity index is 1140. The third-order valence-corrected chi connectivity index (χ3v) is 5.90. The predicted octanol–water partition coefficient (Wildman–Crippen LogP) is 3.85. The van der Waals surface area contributed by atoms with Crippen molar-refractivity contribution in [3.8, 4) is 11.5 Å². The van der Waals surface area contributed by atoms with Gasteiger partial charge in [0, 0.05) is 11.4 Å². The molecule has 0 saturated heterocycles. The maximum absolute atomic E-state index is 11.9. The second-order valence-corrected chi connectivity index (χ2v) is 8.73. The second-order valence-electron chi connectivity index (χ2n) is 5.61. The number of H-pyrrole nitrogens is 1. The first-order valence-corrected chi connectivity index (χ1v) is 10.2. The van der Waals surface area contributed by atoms with Crippen LogP contribution in [0.15, 0.2) is 50.6 Å². The summed E-state index contributed by atoms with van der Waals surface area (Å²) in [7, 11) is -3.36. The monoisotopic (exact) mass is 428 g/mol. The van der Waals surface area contributed by atoms with Gasteiger partial charge in [-0.25, -0.2) is 13.2 Å². The van der Waals surface area contributed by atoms with Crippen molar-refractivity contribution in [2.24, 2.45) is 0 Å². The van der Waals surface area contributed by atoms with Crippen molar-refractivity contribution in [2.75, 3.05) is 5.75 Å². The molecule has 0 aliphatic rings. The summed E-state index contributed by atoms with van der Waals surface area (Å²) in [6.45, 7) is 1.56. The van der Waals surface area contributed by atoms with E-state index in [0.717, 1.165) is 5.56 Å². The Morgan fingerprint density at radius 3 is 2.59 bits per heavy atom. The maximum Gasteiger partial charge on any atom is 0.438 e. The summed E-state index contributed by atoms with van der Waals surface area (Å²) in [5.74, 6) is 0.370. The number of hydrogen-bond acceptors (Lipinski definition) is 6. The van der Waals surface area contributed by atoms with Gasteiger partial charge in [0.1, 0.15) is 11.5 Å². The van der Waals surface area contributed by atoms with Crippen molar-refractivity contribution >= 4 is 33.0 Å². The van der Waals surface area contributed by atoms with E-state index in [1.807, 2.05) is 0 Å². The molecular weight excluding hydrogens is 415 g/mol. The number of nitrogens with one attached hydrogen (secondary N) is 1. The molecule has 142 valence electrons. The van der Waals surface area contributed by atoms with E-state index in [9.17, 15) is 13.2 Å². The number of aromatic amines is 1. The highest BCUT2D eigenvalue weighted by atomic mass is 35.5. The fourth-order valence-electron chi connectivity index (χ4n) is 2.36. The summed E-state index contributed by atoms with van der Waals surface area (Å²) in [4.78, 5) is 13.6. The van der Waals surface area contributed by atoms with E-state index in [1.165, 1.54) is 18.2 Å². The number of nitrogens with zero attached hydrogens (tertiary/aromatic N) is 1. The molecule has 1 N–H and O–H groups in total. The van der Waals surface area contributed by atoms with Crippen LogP contribution in [0.2, 0.25) is 10.0 Å². The summed E-state index contributed by atoms with van der Waals surface area (Å²) in [5, 5.41) is 4.18. The third-order valence-electron chi connectivity index (χ3n) is 3.66. The van der Waals surface area contributed by atoms with Gasteiger partial charge >= 0.3 is 5.76 Å². The van der Waals surface area contributed by atoms with Gasteiger partial charge in [0.15, 0.2) is 15.7 Å². The number of hydrogen-bond donors (Lipinski definition) is 1. The molecule has 1 heterocycles. The molecule has 3 rings (SSSR count). The standard InChI is InChI=1S/C17H14Cl2N2O5S/c1-2-27(23,24)13-3-4-15(14(19)9-13)25-12-6-10(5-11(18)8-12)7-16-20-17(22)26-21-16/h3-6,8-9H,2,7H2,1H3,(H,20,21,22). The fourth-order valence-corrected chi connectivity index (χ4v) is 3.80. The Kier molecular flexibility index (Phi) is 5.59. The lowest BCUT2D eigenvalue weighted by Gasteiger charge is -2.11. The van der Waals surface area contributed by atoms with Crippen LogP contribution >= 0.6 is 23.2 Å². The molecule has 0 fully saturated rings. The summed E-state index contributed by atoms with van der Waals surface area (Å²) in [5.41, 5.74) is 0.725. The minimum absolute atomic E-state index is 0.0225. The normalized spacial score (nSPS) is 11.5. The zero-order chi connectivity index (χ0) is 19.6. The van der Waals surface area contributed by atoms with Gasteiger partial charge in [0.05, 0.1) is 15.7 Å². The van der Waals surface area contributed by atoms with E-state index >= 15 is 0 Å². The SMILES string of the molecule is CCS(=O)(=O)c1ccc(Oc2cc(Cl)cc(Cc3noc(=O)[nH]3)c2)c(Cl)c1. The molecule has 1 aromatic heterocycles. The lowest BCUT2D eigenvalue weighted by Crippen LogP contribution is -2.03. The number of halogens is 2. The molecule has 0 amide bonds. The van der Waals surface area contributed by atoms with Crippen LogP contribution in [0.25, 0.3) is 0 Å². The summed E-state index contributed by atoms with van der Waals surface area (Å²) in [6, 6.07) is 9.25. The predicted molar refractivity (Wildman–Crippen MR) is 101 cm³/mol. The van der Waals surface area contributed by atoms with E-state index in [4.69, 9.17) is 27.9 Å². The van der Waals surface area contributed by atoms with E-state index in [-0.39, 0.29) is 27.8 Å². The molecular formula is C17H14Cl2N2O5S. The van der Waals surface area contributed by atoms with Crippen LogP contribution in [0.4, 0.5) is 0 Å². The van der Waals surface area contributed by atoms with Gasteiger partial charge < -0.3 is 4.74 Å². The zero-order valence-corrected chi connectivity index (χ0v) is 16.4. The average Bonchev–Trinajstić information content (AvgIpc) is 3.01. The third kappa shape index (κ3) is 4.71. The molecule has 0 radical (unpaired) electrons. The first-order valence-electron chi connectivity index (χ1n) is 7.81. The van der Waals surface area contributed by atoms with Gasteiger partial charge in [-0.3, -0.25) is 9.51 Å². The van der Waals surface area contributed by atoms with Crippen LogP contribution in [-0.2, 0) is 16.3 Å². The lowest BCUT2D eigenvalue weighted by molar-refractivity contribution is 0.382. The first-order chi connectivity index (χ1) is 12.8. The molecule has 0 atom stereocenters. The average molecular weight is 429 g/mol. The quantitative estimate of drug-likeness (QED) is 0.639. The zero-order valence-electron chi connectivity index (χ0n) is 14.0. The van der Waals surface area contributed by atoms with Gasteiger partial charge in [-0.05, 0) is 42.0 Å².